The molecule has 0 bridgehead atoms. The first-order valence-electron chi connectivity index (χ1n) is 0.167. The van der Waals surface area contributed by atoms with Crippen molar-refractivity contribution in [3.8, 4) is 0 Å². The molecule has 0 atom stereocenters. The van der Waals surface area contributed by atoms with Crippen molar-refractivity contribution in [1.82, 2.24) is 0 Å². The predicted molar refractivity (Wildman–Crippen MR) is 6.44 cm³/mol. The third-order valence-electron chi connectivity index (χ3n) is 0. The van der Waals surface area contributed by atoms with E-state index in [1.807, 2.05) is 0 Å². The summed E-state index contributed by atoms with van der Waals surface area (Å²) >= 11 is 0.333. The van der Waals surface area contributed by atoms with Crippen LogP contribution in [0.25, 0.3) is 0 Å². The Morgan fingerprint density at radius 3 is 1.25 bits per heavy atom. The van der Waals surface area contributed by atoms with E-state index in [1.54, 1.807) is 0 Å². The first-order chi connectivity index (χ1) is 1.00. The summed E-state index contributed by atoms with van der Waals surface area (Å²) in [4.78, 5) is 0. The van der Waals surface area contributed by atoms with Crippen molar-refractivity contribution < 1.29 is 40.2 Å². The summed E-state index contributed by atoms with van der Waals surface area (Å²) in [6.45, 7) is 0. The maximum absolute atomic E-state index is 8.33. The maximum atomic E-state index is 8.33. The van der Waals surface area contributed by atoms with Gasteiger partial charge in [0.05, 0.1) is 0 Å². The van der Waals surface area contributed by atoms with Gasteiger partial charge in [0.1, 0.15) is 0 Å². The molecule has 2 radical (unpaired) electrons. The fourth-order valence-electron chi connectivity index (χ4n) is 0. The molecule has 0 aliphatic carbocycles. The quantitative estimate of drug-likeness (QED) is 0.537. The Bertz CT molecular complexity index is 8.00. The van der Waals surface area contributed by atoms with Gasteiger partial charge in [0.25, 0.3) is 0 Å². The second-order valence-corrected chi connectivity index (χ2v) is 0. The van der Waals surface area contributed by atoms with E-state index in [2.05, 4.69) is 0 Å². The van der Waals surface area contributed by atoms with Gasteiger partial charge in [0.2, 0.25) is 0 Å². The third-order valence-corrected chi connectivity index (χ3v) is 0. The molecule has 0 spiro atoms. The summed E-state index contributed by atoms with van der Waals surface area (Å²) in [5.41, 5.74) is 0. The molecular weight excluding hydrogens is 262 g/mol. The summed E-state index contributed by atoms with van der Waals surface area (Å²) in [5.74, 6) is 0. The first kappa shape index (κ1) is 17.5. The summed E-state index contributed by atoms with van der Waals surface area (Å²) in [7, 11) is 0. The molecule has 4 heavy (non-hydrogen) atoms. The summed E-state index contributed by atoms with van der Waals surface area (Å²) in [6.07, 6.45) is 0. The molecule has 0 saturated carbocycles. The number of rotatable bonds is 0. The average Bonchev–Trinajstić information content (AvgIpc) is 1.00. The van der Waals surface area contributed by atoms with Gasteiger partial charge in [-0.3, -0.25) is 0 Å². The van der Waals surface area contributed by atoms with Crippen molar-refractivity contribution in [2.24, 2.45) is 0 Å². The van der Waals surface area contributed by atoms with Crippen LogP contribution in [0.2, 0.25) is 0 Å². The van der Waals surface area contributed by atoms with Crippen LogP contribution in [0.3, 0.4) is 0 Å². The summed E-state index contributed by atoms with van der Waals surface area (Å²) in [6, 6.07) is 0. The predicted octanol–water partition coefficient (Wildman–Crippen LogP) is -0.505. The standard InChI is InChI=1S/Li.Mn.O.W. The zero-order chi connectivity index (χ0) is 2.00. The van der Waals surface area contributed by atoms with Gasteiger partial charge in [-0.2, -0.15) is 0 Å². The van der Waals surface area contributed by atoms with Crippen LogP contribution in [0.15, 0.2) is 0 Å². The average molecular weight is 262 g/mol. The van der Waals surface area contributed by atoms with Gasteiger partial charge in [0, 0.05) is 35.9 Å². The molecule has 20 valence electrons. The van der Waals surface area contributed by atoms with E-state index in [0.717, 1.165) is 0 Å². The van der Waals surface area contributed by atoms with Gasteiger partial charge in [-0.1, -0.05) is 0 Å². The monoisotopic (exact) mass is 262 g/mol. The topological polar surface area (TPSA) is 17.1 Å². The van der Waals surface area contributed by atoms with Crippen LogP contribution in [0.4, 0.5) is 0 Å². The third kappa shape index (κ3) is 9.50. The van der Waals surface area contributed by atoms with Gasteiger partial charge in [0.15, 0.2) is 0 Å². The molecule has 0 amide bonds. The molecule has 0 aromatic heterocycles. The molecule has 0 aromatic rings. The van der Waals surface area contributed by atoms with Gasteiger partial charge in [-0.15, -0.1) is 0 Å². The van der Waals surface area contributed by atoms with Crippen molar-refractivity contribution >= 4 is 18.9 Å². The molecule has 0 saturated heterocycles. The Hall–Kier alpha value is 1.61. The molecule has 0 aliphatic heterocycles. The second-order valence-electron chi connectivity index (χ2n) is 0. The molecule has 0 heterocycles. The normalized spacial score (nSPS) is 1.00. The second kappa shape index (κ2) is 23.2. The SMILES string of the molecule is [Li].[Mn].[O]=[W]. The minimum atomic E-state index is 0. The fraction of sp³-hybridized carbons (Fsp3) is 0. The van der Waals surface area contributed by atoms with Gasteiger partial charge in [-0.05, 0) is 0 Å². The Morgan fingerprint density at radius 2 is 1.25 bits per heavy atom. The minimum absolute atomic E-state index is 0. The van der Waals surface area contributed by atoms with E-state index in [-0.39, 0.29) is 35.9 Å². The number of hydrogen-bond acceptors (Lipinski definition) is 1. The van der Waals surface area contributed by atoms with E-state index in [0.29, 0.717) is 19.8 Å². The van der Waals surface area contributed by atoms with Crippen molar-refractivity contribution in [3.63, 3.8) is 0 Å². The Labute approximate surface area is 58.8 Å². The van der Waals surface area contributed by atoms with Crippen molar-refractivity contribution in [1.29, 1.82) is 0 Å². The van der Waals surface area contributed by atoms with Crippen molar-refractivity contribution in [3.05, 3.63) is 0 Å². The first-order valence-corrected chi connectivity index (χ1v) is 1.36. The molecule has 1 nitrogen and oxygen atoms in total. The van der Waals surface area contributed by atoms with E-state index in [4.69, 9.17) is 3.40 Å². The summed E-state index contributed by atoms with van der Waals surface area (Å²) < 4.78 is 8.33. The van der Waals surface area contributed by atoms with Crippen molar-refractivity contribution in [2.45, 2.75) is 0 Å². The molecular formula is LiMnOW. The van der Waals surface area contributed by atoms with Crippen LogP contribution in [0.5, 0.6) is 0 Å². The molecule has 0 unspecified atom stereocenters. The molecule has 4 heteroatoms. The van der Waals surface area contributed by atoms with Crippen LogP contribution < -0.4 is 0 Å². The van der Waals surface area contributed by atoms with Crippen LogP contribution in [-0.4, -0.2) is 18.9 Å². The molecule has 0 aromatic carbocycles. The van der Waals surface area contributed by atoms with E-state index < -0.39 is 0 Å². The Kier molecular flexibility index (Phi) is 102. The molecule has 0 fully saturated rings. The fourth-order valence-corrected chi connectivity index (χ4v) is 0. The van der Waals surface area contributed by atoms with E-state index >= 15 is 0 Å². The van der Waals surface area contributed by atoms with E-state index in [1.165, 1.54) is 0 Å². The zero-order valence-electron chi connectivity index (χ0n) is 2.19. The Morgan fingerprint density at radius 1 is 1.25 bits per heavy atom. The van der Waals surface area contributed by atoms with Crippen molar-refractivity contribution in [2.75, 3.05) is 0 Å². The van der Waals surface area contributed by atoms with Gasteiger partial charge in [-0.25, -0.2) is 0 Å². The van der Waals surface area contributed by atoms with Crippen LogP contribution >= 0.6 is 0 Å². The Balaban J connectivity index is -0.00000000500. The molecule has 0 aliphatic rings. The van der Waals surface area contributed by atoms with E-state index in [9.17, 15) is 0 Å². The van der Waals surface area contributed by atoms with Crippen LogP contribution in [0, 0.1) is 0 Å². The molecule has 0 rings (SSSR count). The van der Waals surface area contributed by atoms with Gasteiger partial charge < -0.3 is 0 Å². The zero-order valence-corrected chi connectivity index (χ0v) is 6.31. The molecule has 0 N–H and O–H groups in total. The van der Waals surface area contributed by atoms with Crippen LogP contribution in [-0.2, 0) is 40.2 Å². The summed E-state index contributed by atoms with van der Waals surface area (Å²) in [5, 5.41) is 0. The van der Waals surface area contributed by atoms with Gasteiger partial charge >= 0.3 is 23.2 Å². The van der Waals surface area contributed by atoms with Crippen LogP contribution in [0.1, 0.15) is 0 Å². The number of hydrogen-bond donors (Lipinski definition) is 0.